The Morgan fingerprint density at radius 3 is 1.35 bits per heavy atom. The quantitative estimate of drug-likeness (QED) is 0.0750. The first-order valence-electron chi connectivity index (χ1n) is 17.2. The van der Waals surface area contributed by atoms with Gasteiger partial charge in [-0.15, -0.1) is 0 Å². The molecule has 0 fully saturated rings. The van der Waals surface area contributed by atoms with Gasteiger partial charge in [0.25, 0.3) is 11.8 Å². The van der Waals surface area contributed by atoms with Crippen molar-refractivity contribution in [3.8, 4) is 39.9 Å². The van der Waals surface area contributed by atoms with Crippen LogP contribution in [-0.4, -0.2) is 50.4 Å². The molecule has 9 nitrogen and oxygen atoms in total. The summed E-state index contributed by atoms with van der Waals surface area (Å²) in [7, 11) is 0. The maximum atomic E-state index is 13.6. The molecule has 0 bridgehead atoms. The molecule has 0 spiro atoms. The molecular formula is C43H42N2O7. The number of phenolic OH excluding ortho intramolecular Hbond substituents is 5. The molecule has 6 rings (SSSR count). The van der Waals surface area contributed by atoms with Gasteiger partial charge in [-0.1, -0.05) is 74.5 Å². The second-order valence-corrected chi connectivity index (χ2v) is 13.6. The number of carbonyl (C=O) groups excluding carboxylic acids is 2. The number of hydrogen-bond acceptors (Lipinski definition) is 7. The first-order valence-corrected chi connectivity index (χ1v) is 17.2. The summed E-state index contributed by atoms with van der Waals surface area (Å²) in [5.41, 5.74) is 3.76. The molecule has 0 aliphatic rings. The van der Waals surface area contributed by atoms with Crippen molar-refractivity contribution in [2.75, 3.05) is 13.1 Å². The van der Waals surface area contributed by atoms with E-state index in [2.05, 4.69) is 10.6 Å². The Hall–Kier alpha value is -6.22. The van der Waals surface area contributed by atoms with Gasteiger partial charge in [-0.05, 0) is 84.7 Å². The zero-order chi connectivity index (χ0) is 37.4. The molecule has 0 saturated heterocycles. The van der Waals surface area contributed by atoms with E-state index in [0.717, 1.165) is 11.1 Å². The predicted molar refractivity (Wildman–Crippen MR) is 204 cm³/mol. The molecule has 0 heterocycles. The smallest absolute Gasteiger partial charge is 0.255 e. The third-order valence-electron chi connectivity index (χ3n) is 9.92. The summed E-state index contributed by atoms with van der Waals surface area (Å²) in [4.78, 5) is 27.2. The number of aromatic hydroxyl groups is 5. The minimum absolute atomic E-state index is 0.00903. The molecule has 266 valence electrons. The van der Waals surface area contributed by atoms with Crippen LogP contribution in [0.2, 0.25) is 0 Å². The van der Waals surface area contributed by atoms with E-state index < -0.39 is 23.3 Å². The topological polar surface area (TPSA) is 159 Å². The van der Waals surface area contributed by atoms with Crippen molar-refractivity contribution in [3.63, 3.8) is 0 Å². The van der Waals surface area contributed by atoms with Crippen LogP contribution in [0.15, 0.2) is 84.9 Å². The van der Waals surface area contributed by atoms with Crippen LogP contribution in [0, 0.1) is 20.8 Å². The number of fused-ring (bicyclic) bond motifs is 2. The highest BCUT2D eigenvalue weighted by Gasteiger charge is 2.28. The van der Waals surface area contributed by atoms with Crippen LogP contribution in [0.5, 0.6) is 28.7 Å². The van der Waals surface area contributed by atoms with Gasteiger partial charge >= 0.3 is 0 Å². The number of hydrogen-bond donors (Lipinski definition) is 7. The molecule has 52 heavy (non-hydrogen) atoms. The number of phenols is 5. The summed E-state index contributed by atoms with van der Waals surface area (Å²) in [6, 6.07) is 25.5. The summed E-state index contributed by atoms with van der Waals surface area (Å²) in [5, 5.41) is 63.1. The van der Waals surface area contributed by atoms with Gasteiger partial charge in [-0.3, -0.25) is 9.59 Å². The van der Waals surface area contributed by atoms with E-state index in [4.69, 9.17) is 0 Å². The highest BCUT2D eigenvalue weighted by Crippen LogP contribution is 2.50. The van der Waals surface area contributed by atoms with Gasteiger partial charge < -0.3 is 36.2 Å². The van der Waals surface area contributed by atoms with Crippen LogP contribution in [0.1, 0.15) is 74.2 Å². The summed E-state index contributed by atoms with van der Waals surface area (Å²) in [6.07, 6.45) is 0. The summed E-state index contributed by atoms with van der Waals surface area (Å²) >= 11 is 0. The van der Waals surface area contributed by atoms with Crippen molar-refractivity contribution in [2.45, 2.75) is 46.5 Å². The maximum absolute atomic E-state index is 13.6. The standard InChI is InChI=1S/C43H42N2O7/c1-22-16-29-31(18-24(3)38(47)36(29)42(51)44-20-25(4)27-12-8-6-9-13-27)39(48)34(22)35-23(2)17-30-32(40(35)49)19-33(46)41(50)37(30)43(52)45-21-26(5)28-14-10-7-11-15-28/h6-19,25-26,46-50H,20-21H2,1-5H3,(H,44,51)(H,45,52). The minimum Gasteiger partial charge on any atom is -0.507 e. The zero-order valence-corrected chi connectivity index (χ0v) is 29.7. The van der Waals surface area contributed by atoms with E-state index in [9.17, 15) is 35.1 Å². The SMILES string of the molecule is Cc1cc2c(O)c(-c3c(C)cc4c(C(=O)NCC(C)c5ccccc5)c(O)c(O)cc4c3O)c(C)cc2c(C(=O)NCC(C)c2ccccc2)c1O. The fourth-order valence-corrected chi connectivity index (χ4v) is 6.97. The first-order chi connectivity index (χ1) is 24.8. The van der Waals surface area contributed by atoms with Crippen LogP contribution in [0.4, 0.5) is 0 Å². The highest BCUT2D eigenvalue weighted by molar-refractivity contribution is 6.16. The average molecular weight is 699 g/mol. The molecule has 2 atom stereocenters. The molecule has 0 saturated carbocycles. The van der Waals surface area contributed by atoms with Crippen molar-refractivity contribution in [3.05, 3.63) is 124 Å². The third kappa shape index (κ3) is 6.41. The number of amides is 2. The van der Waals surface area contributed by atoms with Crippen molar-refractivity contribution in [1.82, 2.24) is 10.6 Å². The predicted octanol–water partition coefficient (Wildman–Crippen LogP) is 8.18. The zero-order valence-electron chi connectivity index (χ0n) is 29.7. The molecule has 0 aliphatic heterocycles. The largest absolute Gasteiger partial charge is 0.507 e. The van der Waals surface area contributed by atoms with E-state index in [0.29, 0.717) is 28.6 Å². The van der Waals surface area contributed by atoms with Gasteiger partial charge in [0.1, 0.15) is 17.2 Å². The molecule has 0 radical (unpaired) electrons. The number of nitrogens with one attached hydrogen (secondary N) is 2. The Labute approximate surface area is 301 Å². The van der Waals surface area contributed by atoms with Crippen LogP contribution in [-0.2, 0) is 0 Å². The Morgan fingerprint density at radius 2 is 0.904 bits per heavy atom. The Morgan fingerprint density at radius 1 is 0.519 bits per heavy atom. The van der Waals surface area contributed by atoms with E-state index in [1.54, 1.807) is 39.0 Å². The van der Waals surface area contributed by atoms with E-state index in [1.807, 2.05) is 74.5 Å². The lowest BCUT2D eigenvalue weighted by Crippen LogP contribution is -2.28. The van der Waals surface area contributed by atoms with Crippen LogP contribution in [0.3, 0.4) is 0 Å². The fraction of sp³-hybridized carbons (Fsp3) is 0.209. The average Bonchev–Trinajstić information content (AvgIpc) is 3.13. The second kappa shape index (κ2) is 14.2. The summed E-state index contributed by atoms with van der Waals surface area (Å²) in [6.45, 7) is 9.59. The molecule has 2 unspecified atom stereocenters. The van der Waals surface area contributed by atoms with Crippen LogP contribution >= 0.6 is 0 Å². The lowest BCUT2D eigenvalue weighted by molar-refractivity contribution is 0.0942. The Bertz CT molecular complexity index is 2190. The molecule has 0 aliphatic carbocycles. The fourth-order valence-electron chi connectivity index (χ4n) is 6.97. The number of carbonyl (C=O) groups is 2. The van der Waals surface area contributed by atoms with Crippen molar-refractivity contribution in [1.29, 1.82) is 0 Å². The molecule has 9 heteroatoms. The molecule has 0 aromatic heterocycles. The Balaban J connectivity index is 1.41. The molecule has 7 N–H and O–H groups in total. The van der Waals surface area contributed by atoms with E-state index in [-0.39, 0.29) is 74.0 Å². The van der Waals surface area contributed by atoms with Crippen molar-refractivity contribution in [2.24, 2.45) is 0 Å². The normalized spacial score (nSPS) is 12.5. The Kier molecular flexibility index (Phi) is 9.71. The lowest BCUT2D eigenvalue weighted by Gasteiger charge is -2.21. The molecule has 6 aromatic carbocycles. The van der Waals surface area contributed by atoms with Gasteiger partial charge in [-0.2, -0.15) is 0 Å². The number of rotatable bonds is 9. The second-order valence-electron chi connectivity index (χ2n) is 13.6. The molecular weight excluding hydrogens is 656 g/mol. The molecule has 2 amide bonds. The van der Waals surface area contributed by atoms with Crippen molar-refractivity contribution >= 4 is 33.4 Å². The van der Waals surface area contributed by atoms with Gasteiger partial charge in [0.05, 0.1) is 11.1 Å². The number of aryl methyl sites for hydroxylation is 3. The van der Waals surface area contributed by atoms with Crippen LogP contribution in [0.25, 0.3) is 32.7 Å². The number of benzene rings is 6. The van der Waals surface area contributed by atoms with E-state index >= 15 is 0 Å². The van der Waals surface area contributed by atoms with Gasteiger partial charge in [-0.25, -0.2) is 0 Å². The first kappa shape index (κ1) is 35.6. The third-order valence-corrected chi connectivity index (χ3v) is 9.92. The van der Waals surface area contributed by atoms with Crippen LogP contribution < -0.4 is 10.6 Å². The van der Waals surface area contributed by atoms with Crippen molar-refractivity contribution < 1.29 is 35.1 Å². The van der Waals surface area contributed by atoms with Gasteiger partial charge in [0.15, 0.2) is 11.5 Å². The molecule has 6 aromatic rings. The lowest BCUT2D eigenvalue weighted by atomic mass is 9.87. The minimum atomic E-state index is -0.628. The highest BCUT2D eigenvalue weighted by atomic mass is 16.3. The van der Waals surface area contributed by atoms with E-state index in [1.165, 1.54) is 6.07 Å². The summed E-state index contributed by atoms with van der Waals surface area (Å²) in [5.74, 6) is -3.11. The maximum Gasteiger partial charge on any atom is 0.255 e. The monoisotopic (exact) mass is 698 g/mol. The van der Waals surface area contributed by atoms with Gasteiger partial charge in [0, 0.05) is 45.8 Å². The van der Waals surface area contributed by atoms with Gasteiger partial charge in [0.2, 0.25) is 0 Å². The summed E-state index contributed by atoms with van der Waals surface area (Å²) < 4.78 is 0.